The van der Waals surface area contributed by atoms with E-state index in [9.17, 15) is 4.79 Å². The number of ether oxygens (including phenoxy) is 1. The largest absolute Gasteiger partial charge is 0.433 e. The summed E-state index contributed by atoms with van der Waals surface area (Å²) in [5, 5.41) is 4.87. The molecule has 120 valence electrons. The van der Waals surface area contributed by atoms with Crippen molar-refractivity contribution in [2.45, 2.75) is 45.6 Å². The van der Waals surface area contributed by atoms with Crippen LogP contribution in [0.25, 0.3) is 10.8 Å². The SMILES string of the molecule is CCCCCC#C[C@H](C)OC(=O)Nc1cccc2ccccc12. The van der Waals surface area contributed by atoms with E-state index in [0.29, 0.717) is 0 Å². The van der Waals surface area contributed by atoms with E-state index in [4.69, 9.17) is 4.74 Å². The van der Waals surface area contributed by atoms with Gasteiger partial charge in [0.1, 0.15) is 0 Å². The highest BCUT2D eigenvalue weighted by Crippen LogP contribution is 2.23. The van der Waals surface area contributed by atoms with E-state index in [1.807, 2.05) is 42.5 Å². The van der Waals surface area contributed by atoms with Crippen molar-refractivity contribution in [3.8, 4) is 11.8 Å². The van der Waals surface area contributed by atoms with Crippen molar-refractivity contribution in [3.05, 3.63) is 42.5 Å². The lowest BCUT2D eigenvalue weighted by atomic mass is 10.1. The number of hydrogen-bond donors (Lipinski definition) is 1. The van der Waals surface area contributed by atoms with Gasteiger partial charge in [-0.2, -0.15) is 0 Å². The molecule has 3 heteroatoms. The monoisotopic (exact) mass is 309 g/mol. The fraction of sp³-hybridized carbons (Fsp3) is 0.350. The van der Waals surface area contributed by atoms with Crippen LogP contribution < -0.4 is 5.32 Å². The van der Waals surface area contributed by atoms with Crippen molar-refractivity contribution in [1.29, 1.82) is 0 Å². The summed E-state index contributed by atoms with van der Waals surface area (Å²) >= 11 is 0. The number of unbranched alkanes of at least 4 members (excludes halogenated alkanes) is 3. The molecule has 2 aromatic carbocycles. The van der Waals surface area contributed by atoms with Gasteiger partial charge in [0.15, 0.2) is 6.10 Å². The number of carbonyl (C=O) groups is 1. The van der Waals surface area contributed by atoms with Gasteiger partial charge in [-0.25, -0.2) is 4.79 Å². The molecule has 0 fully saturated rings. The number of hydrogen-bond acceptors (Lipinski definition) is 2. The number of amides is 1. The van der Waals surface area contributed by atoms with E-state index in [2.05, 4.69) is 24.1 Å². The Bertz CT molecular complexity index is 707. The smallest absolute Gasteiger partial charge is 0.412 e. The molecule has 3 nitrogen and oxygen atoms in total. The predicted molar refractivity (Wildman–Crippen MR) is 95.4 cm³/mol. The average Bonchev–Trinajstić information content (AvgIpc) is 2.55. The first kappa shape index (κ1) is 16.9. The summed E-state index contributed by atoms with van der Waals surface area (Å²) in [4.78, 5) is 12.0. The molecule has 0 spiro atoms. The molecule has 0 aliphatic rings. The normalized spacial score (nSPS) is 11.4. The number of anilines is 1. The molecule has 0 heterocycles. The second kappa shape index (κ2) is 8.85. The van der Waals surface area contributed by atoms with Crippen molar-refractivity contribution >= 4 is 22.6 Å². The highest BCUT2D eigenvalue weighted by atomic mass is 16.6. The average molecular weight is 309 g/mol. The van der Waals surface area contributed by atoms with Gasteiger partial charge in [-0.3, -0.25) is 5.32 Å². The quantitative estimate of drug-likeness (QED) is 0.596. The van der Waals surface area contributed by atoms with Gasteiger partial charge in [0.2, 0.25) is 0 Å². The van der Waals surface area contributed by atoms with Gasteiger partial charge in [-0.05, 0) is 24.8 Å². The van der Waals surface area contributed by atoms with Crippen LogP contribution in [-0.4, -0.2) is 12.2 Å². The first-order valence-electron chi connectivity index (χ1n) is 8.14. The molecule has 2 aromatic rings. The molecule has 2 rings (SSSR count). The van der Waals surface area contributed by atoms with Gasteiger partial charge in [0.25, 0.3) is 0 Å². The summed E-state index contributed by atoms with van der Waals surface area (Å²) in [5.41, 5.74) is 0.746. The van der Waals surface area contributed by atoms with Gasteiger partial charge in [0, 0.05) is 11.8 Å². The molecule has 0 aliphatic heterocycles. The van der Waals surface area contributed by atoms with Crippen molar-refractivity contribution in [2.75, 3.05) is 5.32 Å². The Hall–Kier alpha value is -2.47. The lowest BCUT2D eigenvalue weighted by molar-refractivity contribution is 0.145. The maximum Gasteiger partial charge on any atom is 0.412 e. The molecule has 23 heavy (non-hydrogen) atoms. The van der Waals surface area contributed by atoms with Crippen molar-refractivity contribution in [1.82, 2.24) is 0 Å². The molecule has 0 bridgehead atoms. The zero-order valence-corrected chi connectivity index (χ0v) is 13.8. The first-order chi connectivity index (χ1) is 11.2. The zero-order chi connectivity index (χ0) is 16.5. The minimum absolute atomic E-state index is 0.411. The Morgan fingerprint density at radius 3 is 2.78 bits per heavy atom. The molecule has 0 saturated heterocycles. The number of benzene rings is 2. The van der Waals surface area contributed by atoms with Gasteiger partial charge in [-0.15, -0.1) is 0 Å². The van der Waals surface area contributed by atoms with Crippen LogP contribution in [0.5, 0.6) is 0 Å². The number of carbonyl (C=O) groups excluding carboxylic acids is 1. The van der Waals surface area contributed by atoms with E-state index in [1.54, 1.807) is 6.92 Å². The first-order valence-corrected chi connectivity index (χ1v) is 8.14. The Morgan fingerprint density at radius 2 is 1.96 bits per heavy atom. The summed E-state index contributed by atoms with van der Waals surface area (Å²) in [6.45, 7) is 3.95. The van der Waals surface area contributed by atoms with Crippen molar-refractivity contribution in [2.24, 2.45) is 0 Å². The van der Waals surface area contributed by atoms with Crippen LogP contribution in [0.15, 0.2) is 42.5 Å². The van der Waals surface area contributed by atoms with Crippen LogP contribution in [0.3, 0.4) is 0 Å². The standard InChI is InChI=1S/C20H23NO2/c1-3-4-5-6-7-11-16(2)23-20(22)21-19-15-10-13-17-12-8-9-14-18(17)19/h8-10,12-16H,3-6H2,1-2H3,(H,21,22)/t16-/m0/s1. The molecule has 0 radical (unpaired) electrons. The maximum atomic E-state index is 12.0. The Kier molecular flexibility index (Phi) is 6.50. The van der Waals surface area contributed by atoms with Crippen LogP contribution in [0.2, 0.25) is 0 Å². The third-order valence-corrected chi connectivity index (χ3v) is 3.52. The van der Waals surface area contributed by atoms with Gasteiger partial charge in [-0.1, -0.05) is 68.0 Å². The fourth-order valence-corrected chi connectivity index (χ4v) is 2.34. The molecule has 0 aromatic heterocycles. The maximum absolute atomic E-state index is 12.0. The van der Waals surface area contributed by atoms with E-state index in [-0.39, 0.29) is 0 Å². The Labute approximate surface area is 138 Å². The molecule has 0 saturated carbocycles. The predicted octanol–water partition coefficient (Wildman–Crippen LogP) is 5.36. The molecule has 0 unspecified atom stereocenters. The highest BCUT2D eigenvalue weighted by molar-refractivity contribution is 6.00. The van der Waals surface area contributed by atoms with Crippen molar-refractivity contribution in [3.63, 3.8) is 0 Å². The number of fused-ring (bicyclic) bond motifs is 1. The number of nitrogens with one attached hydrogen (secondary N) is 1. The summed E-state index contributed by atoms with van der Waals surface area (Å²) in [6.07, 6.45) is 3.43. The van der Waals surface area contributed by atoms with E-state index in [0.717, 1.165) is 29.3 Å². The summed E-state index contributed by atoms with van der Waals surface area (Å²) in [7, 11) is 0. The molecular weight excluding hydrogens is 286 g/mol. The third-order valence-electron chi connectivity index (χ3n) is 3.52. The molecule has 0 aliphatic carbocycles. The summed E-state index contributed by atoms with van der Waals surface area (Å²) in [5.74, 6) is 6.03. The van der Waals surface area contributed by atoms with E-state index < -0.39 is 12.2 Å². The zero-order valence-electron chi connectivity index (χ0n) is 13.8. The molecule has 1 N–H and O–H groups in total. The van der Waals surface area contributed by atoms with Crippen LogP contribution in [0.4, 0.5) is 10.5 Å². The van der Waals surface area contributed by atoms with Crippen LogP contribution in [0.1, 0.15) is 39.5 Å². The number of rotatable bonds is 5. The third kappa shape index (κ3) is 5.34. The Balaban J connectivity index is 1.91. The fourth-order valence-electron chi connectivity index (χ4n) is 2.34. The highest BCUT2D eigenvalue weighted by Gasteiger charge is 2.09. The van der Waals surface area contributed by atoms with Gasteiger partial charge < -0.3 is 4.74 Å². The lowest BCUT2D eigenvalue weighted by Crippen LogP contribution is -2.19. The summed E-state index contributed by atoms with van der Waals surface area (Å²) in [6, 6.07) is 13.7. The van der Waals surface area contributed by atoms with E-state index in [1.165, 1.54) is 12.8 Å². The second-order valence-electron chi connectivity index (χ2n) is 5.48. The van der Waals surface area contributed by atoms with E-state index >= 15 is 0 Å². The Morgan fingerprint density at radius 1 is 1.17 bits per heavy atom. The minimum Gasteiger partial charge on any atom is -0.433 e. The second-order valence-corrected chi connectivity index (χ2v) is 5.48. The van der Waals surface area contributed by atoms with Crippen LogP contribution in [-0.2, 0) is 4.74 Å². The minimum atomic E-state index is -0.475. The van der Waals surface area contributed by atoms with Crippen LogP contribution >= 0.6 is 0 Å². The van der Waals surface area contributed by atoms with Gasteiger partial charge >= 0.3 is 6.09 Å². The molecule has 1 atom stereocenters. The van der Waals surface area contributed by atoms with Crippen molar-refractivity contribution < 1.29 is 9.53 Å². The van der Waals surface area contributed by atoms with Gasteiger partial charge in [0.05, 0.1) is 5.69 Å². The lowest BCUT2D eigenvalue weighted by Gasteiger charge is -2.11. The topological polar surface area (TPSA) is 38.3 Å². The summed E-state index contributed by atoms with van der Waals surface area (Å²) < 4.78 is 5.29. The molecule has 1 amide bonds. The molecular formula is C20H23NO2. The van der Waals surface area contributed by atoms with Crippen LogP contribution in [0, 0.1) is 11.8 Å².